The van der Waals surface area contributed by atoms with E-state index < -0.39 is 5.60 Å². The van der Waals surface area contributed by atoms with Gasteiger partial charge in [-0.25, -0.2) is 4.79 Å². The maximum absolute atomic E-state index is 12.4. The van der Waals surface area contributed by atoms with E-state index in [2.05, 4.69) is 20.0 Å². The van der Waals surface area contributed by atoms with E-state index in [0.29, 0.717) is 42.5 Å². The first-order chi connectivity index (χ1) is 22.1. The molecule has 252 valence electrons. The number of anilines is 2. The van der Waals surface area contributed by atoms with Crippen molar-refractivity contribution < 1.29 is 28.5 Å². The first-order valence-electron chi connectivity index (χ1n) is 16.7. The van der Waals surface area contributed by atoms with Gasteiger partial charge in [0.05, 0.1) is 35.8 Å². The molecule has 1 aromatic carbocycles. The average molecular weight is 639 g/mol. The van der Waals surface area contributed by atoms with Crippen LogP contribution in [0.5, 0.6) is 5.75 Å². The highest BCUT2D eigenvalue weighted by Gasteiger charge is 2.45. The van der Waals surface area contributed by atoms with Crippen molar-refractivity contribution in [2.75, 3.05) is 70.4 Å². The third-order valence-corrected chi connectivity index (χ3v) is 9.65. The minimum Gasteiger partial charge on any atom is -0.467 e. The number of benzene rings is 1. The topological polar surface area (TPSA) is 125 Å². The normalized spacial score (nSPS) is 24.1. The van der Waals surface area contributed by atoms with Gasteiger partial charge in [-0.3, -0.25) is 4.90 Å². The van der Waals surface area contributed by atoms with Crippen molar-refractivity contribution in [3.05, 3.63) is 30.3 Å². The average Bonchev–Trinajstić information content (AvgIpc) is 3.02. The van der Waals surface area contributed by atoms with Crippen molar-refractivity contribution in [1.29, 1.82) is 0 Å². The van der Waals surface area contributed by atoms with Crippen LogP contribution in [0, 0.1) is 0 Å². The zero-order chi connectivity index (χ0) is 32.3. The fourth-order valence-electron chi connectivity index (χ4n) is 7.07. The van der Waals surface area contributed by atoms with Gasteiger partial charge in [0.1, 0.15) is 11.4 Å². The zero-order valence-electron chi connectivity index (χ0n) is 27.8. The molecule has 0 radical (unpaired) electrons. The zero-order valence-corrected chi connectivity index (χ0v) is 27.8. The summed E-state index contributed by atoms with van der Waals surface area (Å²) in [5.41, 5.74) is 8.20. The molecule has 4 aliphatic rings. The summed E-state index contributed by atoms with van der Waals surface area (Å²) in [7, 11) is 1.60. The Bertz CT molecular complexity index is 1330. The van der Waals surface area contributed by atoms with Crippen molar-refractivity contribution in [2.24, 2.45) is 0 Å². The van der Waals surface area contributed by atoms with Gasteiger partial charge in [-0.15, -0.1) is 10.2 Å². The number of rotatable bonds is 8. The standard InChI is InChI=1S/C34H50N6O6/c1-33(2,3)46-32(41)39-13-9-25(10-14-39)45-26-19-24(20-26)40-17-18-44-34(22-40)11-15-38(16-12-34)29-21-28(36-37-31(29)35)27-7-5-6-8-30(27)43-23-42-4/h5-8,21,24-26H,9-20,22-23H2,1-4H3,(H2,35,37)/t24-,26-. The molecule has 1 spiro atoms. The van der Waals surface area contributed by atoms with Crippen LogP contribution in [0.2, 0.25) is 0 Å². The molecule has 0 atom stereocenters. The molecule has 6 rings (SSSR count). The van der Waals surface area contributed by atoms with E-state index in [1.54, 1.807) is 7.11 Å². The van der Waals surface area contributed by atoms with Crippen LogP contribution in [0.15, 0.2) is 30.3 Å². The molecule has 2 aromatic rings. The van der Waals surface area contributed by atoms with Crippen LogP contribution in [0.1, 0.15) is 59.3 Å². The molecular formula is C34H50N6O6. The molecule has 12 heteroatoms. The molecular weight excluding hydrogens is 588 g/mol. The van der Waals surface area contributed by atoms with Crippen LogP contribution in [0.4, 0.5) is 16.3 Å². The summed E-state index contributed by atoms with van der Waals surface area (Å²) in [5.74, 6) is 1.12. The maximum Gasteiger partial charge on any atom is 0.410 e. The van der Waals surface area contributed by atoms with Crippen molar-refractivity contribution in [1.82, 2.24) is 20.0 Å². The Kier molecular flexibility index (Phi) is 9.88. The van der Waals surface area contributed by atoms with Crippen molar-refractivity contribution >= 4 is 17.6 Å². The number of hydrogen-bond acceptors (Lipinski definition) is 11. The highest BCUT2D eigenvalue weighted by molar-refractivity contribution is 5.74. The number of nitrogens with two attached hydrogens (primary N) is 1. The quantitative estimate of drug-likeness (QED) is 0.416. The Morgan fingerprint density at radius 1 is 1.04 bits per heavy atom. The van der Waals surface area contributed by atoms with Crippen molar-refractivity contribution in [3.63, 3.8) is 0 Å². The molecule has 4 fully saturated rings. The van der Waals surface area contributed by atoms with Crippen molar-refractivity contribution in [2.45, 2.75) is 88.7 Å². The Morgan fingerprint density at radius 2 is 1.78 bits per heavy atom. The Balaban J connectivity index is 0.981. The van der Waals surface area contributed by atoms with E-state index in [1.807, 2.05) is 56.0 Å². The van der Waals surface area contributed by atoms with Gasteiger partial charge < -0.3 is 39.2 Å². The number of carbonyl (C=O) groups is 1. The van der Waals surface area contributed by atoms with E-state index >= 15 is 0 Å². The third kappa shape index (κ3) is 7.67. The molecule has 0 unspecified atom stereocenters. The number of nitrogens with zero attached hydrogens (tertiary/aromatic N) is 5. The molecule has 4 heterocycles. The number of aromatic nitrogens is 2. The number of ether oxygens (including phenoxy) is 5. The van der Waals surface area contributed by atoms with Gasteiger partial charge >= 0.3 is 6.09 Å². The number of methoxy groups -OCH3 is 1. The van der Waals surface area contributed by atoms with Crippen LogP contribution in [-0.4, -0.2) is 115 Å². The lowest BCUT2D eigenvalue weighted by atomic mass is 9.83. The third-order valence-electron chi connectivity index (χ3n) is 9.65. The van der Waals surface area contributed by atoms with E-state index in [0.717, 1.165) is 82.6 Å². The summed E-state index contributed by atoms with van der Waals surface area (Å²) in [6, 6.07) is 10.3. The van der Waals surface area contributed by atoms with Crippen LogP contribution < -0.4 is 15.4 Å². The number of amides is 1. The number of hydrogen-bond donors (Lipinski definition) is 1. The molecule has 46 heavy (non-hydrogen) atoms. The Hall–Kier alpha value is -3.19. The molecule has 2 N–H and O–H groups in total. The second kappa shape index (κ2) is 13.9. The molecule has 12 nitrogen and oxygen atoms in total. The van der Waals surface area contributed by atoms with Gasteiger partial charge in [0, 0.05) is 58.0 Å². The number of likely N-dealkylation sites (tertiary alicyclic amines) is 1. The van der Waals surface area contributed by atoms with Crippen LogP contribution in [0.3, 0.4) is 0 Å². The highest BCUT2D eigenvalue weighted by Crippen LogP contribution is 2.39. The number of piperidine rings is 2. The van der Waals surface area contributed by atoms with Crippen molar-refractivity contribution in [3.8, 4) is 17.0 Å². The minimum absolute atomic E-state index is 0.145. The van der Waals surface area contributed by atoms with Gasteiger partial charge in [-0.2, -0.15) is 0 Å². The summed E-state index contributed by atoms with van der Waals surface area (Å²) < 4.78 is 29.4. The fraction of sp³-hybridized carbons (Fsp3) is 0.676. The monoisotopic (exact) mass is 638 g/mol. The van der Waals surface area contributed by atoms with Gasteiger partial charge in [0.15, 0.2) is 12.6 Å². The number of morpholine rings is 1. The lowest BCUT2D eigenvalue weighted by Gasteiger charge is -2.52. The minimum atomic E-state index is -0.469. The van der Waals surface area contributed by atoms with Gasteiger partial charge in [-0.1, -0.05) is 12.1 Å². The number of nitrogen functional groups attached to an aromatic ring is 1. The predicted octanol–water partition coefficient (Wildman–Crippen LogP) is 4.33. The fourth-order valence-corrected chi connectivity index (χ4v) is 7.07. The number of para-hydroxylation sites is 1. The van der Waals surface area contributed by atoms with Crippen LogP contribution in [0.25, 0.3) is 11.3 Å². The van der Waals surface area contributed by atoms with Gasteiger partial charge in [-0.05, 0) is 77.5 Å². The Morgan fingerprint density at radius 3 is 2.50 bits per heavy atom. The second-order valence-electron chi connectivity index (χ2n) is 14.1. The van der Waals surface area contributed by atoms with Crippen LogP contribution >= 0.6 is 0 Å². The smallest absolute Gasteiger partial charge is 0.410 e. The van der Waals surface area contributed by atoms with E-state index in [9.17, 15) is 4.79 Å². The van der Waals surface area contributed by atoms with Gasteiger partial charge in [0.2, 0.25) is 0 Å². The largest absolute Gasteiger partial charge is 0.467 e. The van der Waals surface area contributed by atoms with Crippen LogP contribution in [-0.2, 0) is 18.9 Å². The molecule has 3 saturated heterocycles. The van der Waals surface area contributed by atoms with E-state index in [-0.39, 0.29) is 24.6 Å². The summed E-state index contributed by atoms with van der Waals surface area (Å²) in [5, 5.41) is 8.69. The predicted molar refractivity (Wildman–Crippen MR) is 175 cm³/mol. The summed E-state index contributed by atoms with van der Waals surface area (Å²) >= 11 is 0. The van der Waals surface area contributed by atoms with E-state index in [4.69, 9.17) is 29.4 Å². The van der Waals surface area contributed by atoms with Gasteiger partial charge in [0.25, 0.3) is 0 Å². The summed E-state index contributed by atoms with van der Waals surface area (Å²) in [6.45, 7) is 11.6. The molecule has 1 aliphatic carbocycles. The molecule has 1 saturated carbocycles. The van der Waals surface area contributed by atoms with E-state index in [1.165, 1.54) is 0 Å². The SMILES string of the molecule is COCOc1ccccc1-c1cc(N2CCC3(CC2)CN([C@H]2C[C@H](OC4CCN(C(=O)OC(C)(C)C)CC4)C2)CCO3)c(N)nn1. The molecule has 0 bridgehead atoms. The first kappa shape index (κ1) is 32.7. The maximum atomic E-state index is 12.4. The molecule has 1 amide bonds. The Labute approximate surface area is 272 Å². The lowest BCUT2D eigenvalue weighted by Crippen LogP contribution is -2.61. The number of carbonyl (C=O) groups excluding carboxylic acids is 1. The lowest BCUT2D eigenvalue weighted by molar-refractivity contribution is -0.158. The molecule has 1 aromatic heterocycles. The first-order valence-corrected chi connectivity index (χ1v) is 16.7. The summed E-state index contributed by atoms with van der Waals surface area (Å²) in [4.78, 5) is 19.1. The molecule has 3 aliphatic heterocycles. The summed E-state index contributed by atoms with van der Waals surface area (Å²) in [6.07, 6.45) is 6.00. The second-order valence-corrected chi connectivity index (χ2v) is 14.1. The highest BCUT2D eigenvalue weighted by atomic mass is 16.7.